The summed E-state index contributed by atoms with van der Waals surface area (Å²) < 4.78 is 0. The van der Waals surface area contributed by atoms with Crippen LogP contribution in [0.4, 0.5) is 0 Å². The maximum absolute atomic E-state index is 10.8. The van der Waals surface area contributed by atoms with Crippen LogP contribution in [0.15, 0.2) is 0 Å². The predicted octanol–water partition coefficient (Wildman–Crippen LogP) is 0.150. The second-order valence-electron chi connectivity index (χ2n) is 3.79. The van der Waals surface area contributed by atoms with Crippen molar-refractivity contribution in [3.63, 3.8) is 0 Å². The van der Waals surface area contributed by atoms with E-state index in [-0.39, 0.29) is 5.97 Å². The van der Waals surface area contributed by atoms with E-state index in [1.54, 1.807) is 5.06 Å². The van der Waals surface area contributed by atoms with Gasteiger partial charge in [0, 0.05) is 13.1 Å². The molecule has 0 aromatic rings. The molecule has 0 bridgehead atoms. The lowest BCUT2D eigenvalue weighted by atomic mass is 10.1. The number of rotatable bonds is 3. The van der Waals surface area contributed by atoms with Crippen LogP contribution in [0.2, 0.25) is 0 Å². The summed E-state index contributed by atoms with van der Waals surface area (Å²) in [6.07, 6.45) is 2.96. The largest absolute Gasteiger partial charge is 0.368 e. The Morgan fingerprint density at radius 2 is 2.54 bits per heavy atom. The van der Waals surface area contributed by atoms with E-state index >= 15 is 0 Å². The van der Waals surface area contributed by atoms with Crippen molar-refractivity contribution in [3.05, 3.63) is 0 Å². The molecule has 4 nitrogen and oxygen atoms in total. The molecule has 2 aliphatic rings. The first-order valence-electron chi connectivity index (χ1n) is 5.01. The minimum Gasteiger partial charge on any atom is -0.368 e. The third-order valence-electron chi connectivity index (χ3n) is 2.75. The van der Waals surface area contributed by atoms with E-state index in [1.807, 2.05) is 0 Å². The summed E-state index contributed by atoms with van der Waals surface area (Å²) >= 11 is 0. The zero-order valence-corrected chi connectivity index (χ0v) is 7.79. The fraction of sp³-hybridized carbons (Fsp3) is 0.889. The van der Waals surface area contributed by atoms with Gasteiger partial charge in [0.05, 0.1) is 6.42 Å². The van der Waals surface area contributed by atoms with Crippen LogP contribution in [0.25, 0.3) is 0 Å². The van der Waals surface area contributed by atoms with Crippen molar-refractivity contribution in [2.75, 3.05) is 26.2 Å². The Kier molecular flexibility index (Phi) is 2.80. The van der Waals surface area contributed by atoms with Crippen molar-refractivity contribution < 1.29 is 9.63 Å². The van der Waals surface area contributed by atoms with Crippen LogP contribution in [0.3, 0.4) is 0 Å². The van der Waals surface area contributed by atoms with Gasteiger partial charge in [-0.1, -0.05) is 0 Å². The molecule has 4 heteroatoms. The molecule has 0 amide bonds. The molecule has 74 valence electrons. The van der Waals surface area contributed by atoms with Gasteiger partial charge in [-0.25, -0.2) is 0 Å². The summed E-state index contributed by atoms with van der Waals surface area (Å²) in [5.41, 5.74) is 0. The molecule has 1 unspecified atom stereocenters. The van der Waals surface area contributed by atoms with E-state index in [1.165, 1.54) is 6.42 Å². The van der Waals surface area contributed by atoms with Gasteiger partial charge in [-0.3, -0.25) is 4.79 Å². The highest BCUT2D eigenvalue weighted by Crippen LogP contribution is 2.15. The SMILES string of the molecule is O=C1CCN(CCC2CCNC2)O1. The molecule has 0 aromatic heterocycles. The summed E-state index contributed by atoms with van der Waals surface area (Å²) in [5.74, 6) is 0.698. The number of carbonyl (C=O) groups excluding carboxylic acids is 1. The molecule has 2 aliphatic heterocycles. The van der Waals surface area contributed by atoms with Crippen LogP contribution >= 0.6 is 0 Å². The summed E-state index contributed by atoms with van der Waals surface area (Å²) in [4.78, 5) is 15.8. The number of nitrogens with zero attached hydrogens (tertiary/aromatic N) is 1. The normalized spacial score (nSPS) is 29.5. The minimum atomic E-state index is -0.0791. The lowest BCUT2D eigenvalue weighted by molar-refractivity contribution is -0.170. The summed E-state index contributed by atoms with van der Waals surface area (Å²) in [6, 6.07) is 0. The molecule has 0 radical (unpaired) electrons. The Labute approximate surface area is 78.2 Å². The molecule has 1 atom stereocenters. The number of carbonyl (C=O) groups is 1. The second kappa shape index (κ2) is 4.07. The highest BCUT2D eigenvalue weighted by molar-refractivity contribution is 5.70. The quantitative estimate of drug-likeness (QED) is 0.678. The third-order valence-corrected chi connectivity index (χ3v) is 2.75. The van der Waals surface area contributed by atoms with Crippen molar-refractivity contribution >= 4 is 5.97 Å². The van der Waals surface area contributed by atoms with Gasteiger partial charge in [0.1, 0.15) is 0 Å². The Morgan fingerprint density at radius 1 is 1.62 bits per heavy atom. The van der Waals surface area contributed by atoms with Crippen molar-refractivity contribution in [1.29, 1.82) is 0 Å². The fourth-order valence-corrected chi connectivity index (χ4v) is 1.90. The topological polar surface area (TPSA) is 41.6 Å². The van der Waals surface area contributed by atoms with Crippen molar-refractivity contribution in [2.45, 2.75) is 19.3 Å². The minimum absolute atomic E-state index is 0.0791. The van der Waals surface area contributed by atoms with Gasteiger partial charge in [-0.05, 0) is 31.8 Å². The molecule has 2 saturated heterocycles. The van der Waals surface area contributed by atoms with Crippen LogP contribution < -0.4 is 5.32 Å². The number of hydrogen-bond acceptors (Lipinski definition) is 4. The van der Waals surface area contributed by atoms with Crippen LogP contribution in [0.1, 0.15) is 19.3 Å². The number of hydrogen-bond donors (Lipinski definition) is 1. The zero-order chi connectivity index (χ0) is 9.10. The lowest BCUT2D eigenvalue weighted by Crippen LogP contribution is -2.22. The van der Waals surface area contributed by atoms with Crippen LogP contribution in [0, 0.1) is 5.92 Å². The summed E-state index contributed by atoms with van der Waals surface area (Å²) in [7, 11) is 0. The molecule has 2 heterocycles. The Hall–Kier alpha value is -0.610. The lowest BCUT2D eigenvalue weighted by Gasteiger charge is -2.14. The Bertz CT molecular complexity index is 190. The maximum atomic E-state index is 10.8. The monoisotopic (exact) mass is 184 g/mol. The van der Waals surface area contributed by atoms with Gasteiger partial charge in [-0.15, -0.1) is 5.06 Å². The molecule has 0 spiro atoms. The smallest absolute Gasteiger partial charge is 0.326 e. The predicted molar refractivity (Wildman–Crippen MR) is 47.9 cm³/mol. The molecule has 1 N–H and O–H groups in total. The first-order chi connectivity index (χ1) is 6.34. The first-order valence-corrected chi connectivity index (χ1v) is 5.01. The Morgan fingerprint density at radius 3 is 3.15 bits per heavy atom. The fourth-order valence-electron chi connectivity index (χ4n) is 1.90. The van der Waals surface area contributed by atoms with Gasteiger partial charge in [0.2, 0.25) is 0 Å². The average molecular weight is 184 g/mol. The number of hydroxylamine groups is 2. The third kappa shape index (κ3) is 2.42. The zero-order valence-electron chi connectivity index (χ0n) is 7.79. The number of nitrogens with one attached hydrogen (secondary N) is 1. The van der Waals surface area contributed by atoms with Crippen molar-refractivity contribution in [1.82, 2.24) is 10.4 Å². The summed E-state index contributed by atoms with van der Waals surface area (Å²) in [5, 5.41) is 5.12. The average Bonchev–Trinajstić information content (AvgIpc) is 2.71. The van der Waals surface area contributed by atoms with Gasteiger partial charge in [0.15, 0.2) is 0 Å². The van der Waals surface area contributed by atoms with Crippen LogP contribution in [-0.2, 0) is 9.63 Å². The van der Waals surface area contributed by atoms with Crippen molar-refractivity contribution in [3.8, 4) is 0 Å². The van der Waals surface area contributed by atoms with Crippen LogP contribution in [-0.4, -0.2) is 37.2 Å². The van der Waals surface area contributed by atoms with Crippen molar-refractivity contribution in [2.24, 2.45) is 5.92 Å². The molecular formula is C9H16N2O2. The highest BCUT2D eigenvalue weighted by Gasteiger charge is 2.22. The van der Waals surface area contributed by atoms with E-state index in [0.29, 0.717) is 6.42 Å². The Balaban J connectivity index is 1.64. The van der Waals surface area contributed by atoms with Gasteiger partial charge in [-0.2, -0.15) is 0 Å². The molecule has 0 aromatic carbocycles. The molecule has 2 rings (SSSR count). The molecular weight excluding hydrogens is 168 g/mol. The van der Waals surface area contributed by atoms with E-state index in [4.69, 9.17) is 4.84 Å². The molecule has 2 fully saturated rings. The van der Waals surface area contributed by atoms with E-state index in [9.17, 15) is 4.79 Å². The van der Waals surface area contributed by atoms with E-state index in [0.717, 1.165) is 38.5 Å². The molecule has 0 aliphatic carbocycles. The van der Waals surface area contributed by atoms with Gasteiger partial charge in [0.25, 0.3) is 0 Å². The first kappa shape index (κ1) is 8.97. The molecule has 13 heavy (non-hydrogen) atoms. The van der Waals surface area contributed by atoms with Crippen LogP contribution in [0.5, 0.6) is 0 Å². The van der Waals surface area contributed by atoms with E-state index < -0.39 is 0 Å². The maximum Gasteiger partial charge on any atom is 0.326 e. The van der Waals surface area contributed by atoms with E-state index in [2.05, 4.69) is 5.32 Å². The highest BCUT2D eigenvalue weighted by atomic mass is 16.7. The van der Waals surface area contributed by atoms with Gasteiger partial charge >= 0.3 is 5.97 Å². The second-order valence-corrected chi connectivity index (χ2v) is 3.79. The van der Waals surface area contributed by atoms with Gasteiger partial charge < -0.3 is 10.2 Å². The standard InChI is InChI=1S/C9H16N2O2/c12-9-3-6-11(13-9)5-2-8-1-4-10-7-8/h8,10H,1-7H2. The molecule has 0 saturated carbocycles. The summed E-state index contributed by atoms with van der Waals surface area (Å²) in [6.45, 7) is 3.95.